The molecule has 0 N–H and O–H groups in total. The van der Waals surface area contributed by atoms with Crippen LogP contribution in [0.15, 0.2) is 72.8 Å². The van der Waals surface area contributed by atoms with Crippen LogP contribution in [-0.4, -0.2) is 45.8 Å². The van der Waals surface area contributed by atoms with Crippen molar-refractivity contribution in [3.05, 3.63) is 106 Å². The summed E-state index contributed by atoms with van der Waals surface area (Å²) in [6.07, 6.45) is 11.1. The lowest BCUT2D eigenvalue weighted by atomic mass is 9.82. The van der Waals surface area contributed by atoms with Gasteiger partial charge in [-0.05, 0) is 75.0 Å². The molecule has 2 heterocycles. The van der Waals surface area contributed by atoms with Gasteiger partial charge in [0.25, 0.3) is 23.6 Å². The van der Waals surface area contributed by atoms with Gasteiger partial charge in [0.05, 0.1) is 6.54 Å². The second-order valence-electron chi connectivity index (χ2n) is 14.5. The average Bonchev–Trinajstić information content (AvgIpc) is 3.17. The number of carbonyl (C=O) groups excluding carboxylic acids is 5. The second kappa shape index (κ2) is 13.6. The molecule has 0 saturated carbocycles. The fourth-order valence-corrected chi connectivity index (χ4v) is 8.71. The molecule has 0 unspecified atom stereocenters. The smallest absolute Gasteiger partial charge is 0.261 e. The molecular formula is C45H42N2O5. The molecule has 0 spiro atoms. The number of unbranched alkanes of at least 4 members (excludes halogenated alkanes) is 6. The molecule has 7 heteroatoms. The number of carbonyl (C=O) groups is 5. The molecule has 0 radical (unpaired) electrons. The van der Waals surface area contributed by atoms with Crippen LogP contribution in [0.3, 0.4) is 0 Å². The number of hydrogen-bond donors (Lipinski definition) is 0. The van der Waals surface area contributed by atoms with Crippen molar-refractivity contribution < 1.29 is 24.0 Å². The van der Waals surface area contributed by atoms with Crippen molar-refractivity contribution in [3.8, 4) is 0 Å². The van der Waals surface area contributed by atoms with Crippen LogP contribution >= 0.6 is 0 Å². The number of rotatable bonds is 14. The van der Waals surface area contributed by atoms with Gasteiger partial charge in [0.15, 0.2) is 0 Å². The Morgan fingerprint density at radius 1 is 0.500 bits per heavy atom. The van der Waals surface area contributed by atoms with Crippen molar-refractivity contribution in [2.24, 2.45) is 0 Å². The summed E-state index contributed by atoms with van der Waals surface area (Å²) in [6.45, 7) is 4.47. The molecule has 2 aliphatic heterocycles. The van der Waals surface area contributed by atoms with Crippen LogP contribution in [0, 0.1) is 0 Å². The molecule has 6 aromatic rings. The van der Waals surface area contributed by atoms with Crippen molar-refractivity contribution in [1.29, 1.82) is 0 Å². The van der Waals surface area contributed by atoms with E-state index >= 15 is 0 Å². The molecular weight excluding hydrogens is 649 g/mol. The Morgan fingerprint density at radius 2 is 0.923 bits per heavy atom. The predicted molar refractivity (Wildman–Crippen MR) is 205 cm³/mol. The van der Waals surface area contributed by atoms with E-state index < -0.39 is 0 Å². The highest BCUT2D eigenvalue weighted by atomic mass is 16.2. The van der Waals surface area contributed by atoms with Gasteiger partial charge < -0.3 is 0 Å². The maximum Gasteiger partial charge on any atom is 0.261 e. The number of nitrogens with zero attached hydrogens (tertiary/aromatic N) is 2. The van der Waals surface area contributed by atoms with E-state index in [2.05, 4.69) is 13.8 Å². The predicted octanol–water partition coefficient (Wildman–Crippen LogP) is 10.3. The molecule has 0 aliphatic carbocycles. The van der Waals surface area contributed by atoms with Gasteiger partial charge in [-0.25, -0.2) is 0 Å². The Morgan fingerprint density at radius 3 is 1.33 bits per heavy atom. The minimum atomic E-state index is -0.369. The monoisotopic (exact) mass is 690 g/mol. The summed E-state index contributed by atoms with van der Waals surface area (Å²) in [5.74, 6) is -1.17. The van der Waals surface area contributed by atoms with Crippen molar-refractivity contribution in [2.75, 3.05) is 0 Å². The number of hydrogen-bond acceptors (Lipinski definition) is 5. The summed E-state index contributed by atoms with van der Waals surface area (Å²) in [6, 6.07) is 21.9. The van der Waals surface area contributed by atoms with Crippen LogP contribution in [-0.2, 0) is 6.54 Å². The van der Waals surface area contributed by atoms with Crippen molar-refractivity contribution >= 4 is 73.0 Å². The normalized spacial score (nSPS) is 14.4. The summed E-state index contributed by atoms with van der Waals surface area (Å²) >= 11 is 0. The Balaban J connectivity index is 1.22. The SMILES string of the molecule is CCCCCCC(CCCCCC)N1C(=O)c2ccc3c4ccc5c6c(ccc(c7ccc(c2c37)C1=O)c64)C(=O)N(Cc1ccc(C=O)cc1)C5=O. The van der Waals surface area contributed by atoms with Gasteiger partial charge in [0.1, 0.15) is 6.29 Å². The van der Waals surface area contributed by atoms with E-state index in [1.807, 2.05) is 36.4 Å². The Bertz CT molecular complexity index is 2300. The van der Waals surface area contributed by atoms with Gasteiger partial charge in [0, 0.05) is 44.6 Å². The average molecular weight is 691 g/mol. The first-order valence-corrected chi connectivity index (χ1v) is 18.9. The summed E-state index contributed by atoms with van der Waals surface area (Å²) in [5, 5.41) is 6.52. The Hall–Kier alpha value is -5.43. The van der Waals surface area contributed by atoms with Crippen molar-refractivity contribution in [2.45, 2.75) is 90.6 Å². The molecule has 0 aromatic heterocycles. The van der Waals surface area contributed by atoms with Gasteiger partial charge in [-0.1, -0.05) is 114 Å². The zero-order valence-electron chi connectivity index (χ0n) is 29.8. The number of amides is 4. The molecule has 0 bridgehead atoms. The highest BCUT2D eigenvalue weighted by Gasteiger charge is 2.39. The van der Waals surface area contributed by atoms with E-state index in [9.17, 15) is 24.0 Å². The van der Waals surface area contributed by atoms with Gasteiger partial charge >= 0.3 is 0 Å². The number of fused-ring (bicyclic) bond motifs is 2. The molecule has 8 rings (SSSR count). The molecule has 4 amide bonds. The van der Waals surface area contributed by atoms with Crippen molar-refractivity contribution in [1.82, 2.24) is 9.80 Å². The van der Waals surface area contributed by atoms with Gasteiger partial charge in [0.2, 0.25) is 0 Å². The van der Waals surface area contributed by atoms with E-state index in [1.54, 1.807) is 41.3 Å². The zero-order chi connectivity index (χ0) is 36.1. The summed E-state index contributed by atoms with van der Waals surface area (Å²) < 4.78 is 0. The number of benzene rings is 6. The molecule has 7 nitrogen and oxygen atoms in total. The van der Waals surface area contributed by atoms with Crippen LogP contribution in [0.5, 0.6) is 0 Å². The lowest BCUT2D eigenvalue weighted by Crippen LogP contribution is -2.47. The number of aldehydes is 1. The fraction of sp³-hybridized carbons (Fsp3) is 0.311. The van der Waals surface area contributed by atoms with Crippen LogP contribution in [0.4, 0.5) is 0 Å². The second-order valence-corrected chi connectivity index (χ2v) is 14.5. The van der Waals surface area contributed by atoms with Crippen LogP contribution in [0.2, 0.25) is 0 Å². The summed E-state index contributed by atoms with van der Waals surface area (Å²) in [5.41, 5.74) is 3.29. The van der Waals surface area contributed by atoms with Gasteiger partial charge in [-0.2, -0.15) is 0 Å². The van der Waals surface area contributed by atoms with E-state index in [0.29, 0.717) is 38.6 Å². The topological polar surface area (TPSA) is 91.8 Å². The van der Waals surface area contributed by atoms with Crippen LogP contribution < -0.4 is 0 Å². The van der Waals surface area contributed by atoms with Crippen LogP contribution in [0.1, 0.15) is 135 Å². The third-order valence-corrected chi connectivity index (χ3v) is 11.4. The fourth-order valence-electron chi connectivity index (χ4n) is 8.71. The molecule has 6 aromatic carbocycles. The van der Waals surface area contributed by atoms with E-state index in [-0.39, 0.29) is 36.2 Å². The first-order valence-electron chi connectivity index (χ1n) is 18.9. The maximum atomic E-state index is 14.4. The molecule has 0 saturated heterocycles. The minimum Gasteiger partial charge on any atom is -0.298 e. The Kier molecular flexibility index (Phi) is 8.82. The molecule has 52 heavy (non-hydrogen) atoms. The zero-order valence-corrected chi connectivity index (χ0v) is 29.8. The third-order valence-electron chi connectivity index (χ3n) is 11.4. The standard InChI is InChI=1S/C45H42N2O5/c1-3-5-7-9-11-29(12-10-8-6-4-2)47-44(51)36-23-19-32-30-17-21-34-40-35(43(50)46(42(34)49)25-27-13-15-28(26-48)16-14-27)22-18-31(38(30)40)33-20-24-37(45(47)52)41(36)39(32)33/h13-24,26,29H,3-12,25H2,1-2H3. The first kappa shape index (κ1) is 33.7. The van der Waals surface area contributed by atoms with Gasteiger partial charge in [-0.15, -0.1) is 0 Å². The lowest BCUT2D eigenvalue weighted by molar-refractivity contribution is 0.0514. The number of imide groups is 2. The van der Waals surface area contributed by atoms with E-state index in [1.165, 1.54) is 4.90 Å². The summed E-state index contributed by atoms with van der Waals surface area (Å²) in [7, 11) is 0. The highest BCUT2D eigenvalue weighted by molar-refractivity contribution is 6.41. The molecule has 262 valence electrons. The molecule has 2 aliphatic rings. The third kappa shape index (κ3) is 5.28. The van der Waals surface area contributed by atoms with Gasteiger partial charge in [-0.3, -0.25) is 33.8 Å². The van der Waals surface area contributed by atoms with E-state index in [4.69, 9.17) is 0 Å². The quantitative estimate of drug-likeness (QED) is 0.0373. The Labute approximate surface area is 302 Å². The maximum absolute atomic E-state index is 14.4. The molecule has 0 atom stereocenters. The molecule has 0 fully saturated rings. The lowest BCUT2D eigenvalue weighted by Gasteiger charge is -2.35. The van der Waals surface area contributed by atoms with Crippen LogP contribution in [0.25, 0.3) is 43.1 Å². The largest absolute Gasteiger partial charge is 0.298 e. The summed E-state index contributed by atoms with van der Waals surface area (Å²) in [4.78, 5) is 70.7. The van der Waals surface area contributed by atoms with E-state index in [0.717, 1.165) is 108 Å². The first-order chi connectivity index (χ1) is 25.4. The highest BCUT2D eigenvalue weighted by Crippen LogP contribution is 2.46. The van der Waals surface area contributed by atoms with Crippen molar-refractivity contribution in [3.63, 3.8) is 0 Å². The minimum absolute atomic E-state index is 0.0896.